The molecule has 0 fully saturated rings. The van der Waals surface area contributed by atoms with Gasteiger partial charge in [-0.15, -0.1) is 0 Å². The Bertz CT molecular complexity index is 1400. The molecule has 7 heteroatoms. The van der Waals surface area contributed by atoms with E-state index in [0.717, 1.165) is 17.7 Å². The second kappa shape index (κ2) is 10.1. The summed E-state index contributed by atoms with van der Waals surface area (Å²) in [6.07, 6.45) is 0.746. The van der Waals surface area contributed by atoms with Gasteiger partial charge in [0.15, 0.2) is 0 Å². The molecule has 1 unspecified atom stereocenters. The van der Waals surface area contributed by atoms with Crippen LogP contribution >= 0.6 is 11.6 Å². The van der Waals surface area contributed by atoms with Crippen molar-refractivity contribution in [2.75, 3.05) is 11.9 Å². The number of benzene rings is 3. The number of anilines is 1. The number of aryl methyl sites for hydroxylation is 1. The van der Waals surface area contributed by atoms with Crippen LogP contribution in [0.1, 0.15) is 37.7 Å². The fourth-order valence-electron chi connectivity index (χ4n) is 4.09. The van der Waals surface area contributed by atoms with Crippen LogP contribution in [0.4, 0.5) is 10.5 Å². The van der Waals surface area contributed by atoms with Crippen LogP contribution in [0.5, 0.6) is 0 Å². The van der Waals surface area contributed by atoms with Crippen molar-refractivity contribution in [2.45, 2.75) is 33.2 Å². The average molecular weight is 475 g/mol. The van der Waals surface area contributed by atoms with Crippen molar-refractivity contribution in [3.63, 3.8) is 0 Å². The number of nitrogens with one attached hydrogen (secondary N) is 1. The molecule has 0 bridgehead atoms. The van der Waals surface area contributed by atoms with Crippen molar-refractivity contribution in [1.82, 2.24) is 14.5 Å². The molecule has 0 saturated heterocycles. The van der Waals surface area contributed by atoms with Gasteiger partial charge in [0.2, 0.25) is 0 Å². The van der Waals surface area contributed by atoms with Crippen molar-refractivity contribution in [2.24, 2.45) is 0 Å². The summed E-state index contributed by atoms with van der Waals surface area (Å²) >= 11 is 6.09. The number of para-hydroxylation sites is 2. The number of urea groups is 1. The highest BCUT2D eigenvalue weighted by molar-refractivity contribution is 6.30. The number of hydrogen-bond donors (Lipinski definition) is 1. The van der Waals surface area contributed by atoms with E-state index in [9.17, 15) is 9.59 Å². The van der Waals surface area contributed by atoms with Gasteiger partial charge < -0.3 is 10.2 Å². The molecule has 34 heavy (non-hydrogen) atoms. The molecule has 1 atom stereocenters. The number of carbonyl (C=O) groups excluding carboxylic acids is 1. The van der Waals surface area contributed by atoms with Crippen molar-refractivity contribution in [1.29, 1.82) is 0 Å². The molecular formula is C27H27ClN4O2. The van der Waals surface area contributed by atoms with E-state index in [4.69, 9.17) is 16.6 Å². The van der Waals surface area contributed by atoms with E-state index < -0.39 is 6.04 Å². The zero-order valence-corrected chi connectivity index (χ0v) is 20.2. The minimum atomic E-state index is -0.476. The van der Waals surface area contributed by atoms with Crippen molar-refractivity contribution in [3.8, 4) is 5.69 Å². The first-order chi connectivity index (χ1) is 16.4. The number of halogens is 1. The molecule has 0 aliphatic rings. The van der Waals surface area contributed by atoms with E-state index >= 15 is 0 Å². The first-order valence-electron chi connectivity index (χ1n) is 11.3. The molecule has 0 spiro atoms. The summed E-state index contributed by atoms with van der Waals surface area (Å²) in [5, 5.41) is 4.00. The van der Waals surface area contributed by atoms with E-state index in [0.29, 0.717) is 34.0 Å². The van der Waals surface area contributed by atoms with Crippen LogP contribution in [0, 0.1) is 6.92 Å². The third kappa shape index (κ3) is 4.68. The van der Waals surface area contributed by atoms with Gasteiger partial charge in [-0.2, -0.15) is 0 Å². The summed E-state index contributed by atoms with van der Waals surface area (Å²) in [6.45, 7) is 6.36. The predicted molar refractivity (Wildman–Crippen MR) is 138 cm³/mol. The lowest BCUT2D eigenvalue weighted by molar-refractivity contribution is 0.189. The van der Waals surface area contributed by atoms with Gasteiger partial charge in [0.1, 0.15) is 5.82 Å². The molecule has 0 radical (unpaired) electrons. The molecule has 1 aromatic heterocycles. The Morgan fingerprint density at radius 3 is 2.56 bits per heavy atom. The van der Waals surface area contributed by atoms with Gasteiger partial charge in [0.05, 0.1) is 22.6 Å². The maximum absolute atomic E-state index is 13.7. The van der Waals surface area contributed by atoms with Gasteiger partial charge in [-0.3, -0.25) is 9.36 Å². The summed E-state index contributed by atoms with van der Waals surface area (Å²) in [5.74, 6) is 0.507. The minimum absolute atomic E-state index is 0.159. The quantitative estimate of drug-likeness (QED) is 0.354. The number of hydrogen-bond acceptors (Lipinski definition) is 3. The SMILES string of the molecule is CCCN(C(=O)Nc1cccc(Cl)c1)C(C)c1nc2ccccc2c(=O)n1-c1ccccc1C. The van der Waals surface area contributed by atoms with Gasteiger partial charge in [0, 0.05) is 17.3 Å². The summed E-state index contributed by atoms with van der Waals surface area (Å²) < 4.78 is 1.64. The highest BCUT2D eigenvalue weighted by Gasteiger charge is 2.27. The molecular weight excluding hydrogens is 448 g/mol. The fourth-order valence-corrected chi connectivity index (χ4v) is 4.28. The largest absolute Gasteiger partial charge is 0.322 e. The van der Waals surface area contributed by atoms with E-state index in [2.05, 4.69) is 5.32 Å². The van der Waals surface area contributed by atoms with Crippen LogP contribution in [-0.2, 0) is 0 Å². The summed E-state index contributed by atoms with van der Waals surface area (Å²) in [7, 11) is 0. The smallest absolute Gasteiger partial charge is 0.315 e. The summed E-state index contributed by atoms with van der Waals surface area (Å²) in [4.78, 5) is 33.6. The third-order valence-electron chi connectivity index (χ3n) is 5.80. The Balaban J connectivity index is 1.84. The Morgan fingerprint density at radius 1 is 1.09 bits per heavy atom. The number of carbonyl (C=O) groups is 1. The Labute approximate surface area is 203 Å². The summed E-state index contributed by atoms with van der Waals surface area (Å²) in [6, 6.07) is 21.3. The zero-order chi connectivity index (χ0) is 24.2. The molecule has 0 saturated carbocycles. The standard InChI is InChI=1S/C27H27ClN4O2/c1-4-16-31(27(34)29-21-12-9-11-20(28)17-21)19(3)25-30-23-14-7-6-13-22(23)26(33)32(25)24-15-8-5-10-18(24)2/h5-15,17,19H,4,16H2,1-3H3,(H,29,34). The second-order valence-electron chi connectivity index (χ2n) is 8.22. The first-order valence-corrected chi connectivity index (χ1v) is 11.7. The molecule has 1 heterocycles. The van der Waals surface area contributed by atoms with Crippen LogP contribution < -0.4 is 10.9 Å². The number of aromatic nitrogens is 2. The van der Waals surface area contributed by atoms with Gasteiger partial charge in [-0.25, -0.2) is 9.78 Å². The monoisotopic (exact) mass is 474 g/mol. The zero-order valence-electron chi connectivity index (χ0n) is 19.5. The lowest BCUT2D eigenvalue weighted by atomic mass is 10.1. The molecule has 4 rings (SSSR count). The van der Waals surface area contributed by atoms with Crippen LogP contribution in [0.15, 0.2) is 77.6 Å². The van der Waals surface area contributed by atoms with Gasteiger partial charge in [0.25, 0.3) is 5.56 Å². The first kappa shape index (κ1) is 23.5. The van der Waals surface area contributed by atoms with E-state index in [1.54, 1.807) is 39.8 Å². The number of amides is 2. The molecule has 4 aromatic rings. The highest BCUT2D eigenvalue weighted by atomic mass is 35.5. The Morgan fingerprint density at radius 2 is 1.82 bits per heavy atom. The third-order valence-corrected chi connectivity index (χ3v) is 6.04. The molecule has 1 N–H and O–H groups in total. The van der Waals surface area contributed by atoms with E-state index in [1.165, 1.54) is 0 Å². The summed E-state index contributed by atoms with van der Waals surface area (Å²) in [5.41, 5.74) is 2.74. The maximum atomic E-state index is 13.7. The topological polar surface area (TPSA) is 67.2 Å². The fraction of sp³-hybridized carbons (Fsp3) is 0.222. The van der Waals surface area contributed by atoms with Crippen LogP contribution in [0.3, 0.4) is 0 Å². The van der Waals surface area contributed by atoms with Gasteiger partial charge >= 0.3 is 6.03 Å². The second-order valence-corrected chi connectivity index (χ2v) is 8.66. The number of nitrogens with zero attached hydrogens (tertiary/aromatic N) is 3. The van der Waals surface area contributed by atoms with E-state index in [1.807, 2.05) is 63.2 Å². The molecule has 6 nitrogen and oxygen atoms in total. The highest BCUT2D eigenvalue weighted by Crippen LogP contribution is 2.25. The van der Waals surface area contributed by atoms with Crippen LogP contribution in [-0.4, -0.2) is 27.0 Å². The lowest BCUT2D eigenvalue weighted by Gasteiger charge is -2.30. The predicted octanol–water partition coefficient (Wildman–Crippen LogP) is 6.35. The van der Waals surface area contributed by atoms with Crippen LogP contribution in [0.25, 0.3) is 16.6 Å². The van der Waals surface area contributed by atoms with Crippen molar-refractivity contribution < 1.29 is 4.79 Å². The molecule has 174 valence electrons. The van der Waals surface area contributed by atoms with Crippen molar-refractivity contribution in [3.05, 3.63) is 99.6 Å². The average Bonchev–Trinajstić information content (AvgIpc) is 2.83. The minimum Gasteiger partial charge on any atom is -0.315 e. The Kier molecular flexibility index (Phi) is 6.98. The van der Waals surface area contributed by atoms with E-state index in [-0.39, 0.29) is 11.6 Å². The Hall–Kier alpha value is -3.64. The molecule has 2 amide bonds. The van der Waals surface area contributed by atoms with Crippen LogP contribution in [0.2, 0.25) is 5.02 Å². The molecule has 3 aromatic carbocycles. The maximum Gasteiger partial charge on any atom is 0.322 e. The van der Waals surface area contributed by atoms with Gasteiger partial charge in [-0.05, 0) is 62.2 Å². The number of fused-ring (bicyclic) bond motifs is 1. The van der Waals surface area contributed by atoms with Crippen molar-refractivity contribution >= 4 is 34.2 Å². The number of rotatable bonds is 6. The van der Waals surface area contributed by atoms with Gasteiger partial charge in [-0.1, -0.05) is 54.9 Å². The lowest BCUT2D eigenvalue weighted by Crippen LogP contribution is -2.40. The normalized spacial score (nSPS) is 11.9. The molecule has 0 aliphatic heterocycles. The molecule has 0 aliphatic carbocycles.